The summed E-state index contributed by atoms with van der Waals surface area (Å²) >= 11 is 1.63. The Labute approximate surface area is 157 Å². The highest BCUT2D eigenvalue weighted by Crippen LogP contribution is 2.60. The van der Waals surface area contributed by atoms with Crippen molar-refractivity contribution < 1.29 is 9.53 Å². The number of fused-ring (bicyclic) bond motifs is 1. The van der Waals surface area contributed by atoms with Gasteiger partial charge in [0.1, 0.15) is 0 Å². The molecule has 4 aliphatic rings. The molecule has 26 heavy (non-hydrogen) atoms. The first-order valence-electron chi connectivity index (χ1n) is 9.83. The predicted octanol–water partition coefficient (Wildman–Crippen LogP) is 3.99. The molecule has 4 fully saturated rings. The fourth-order valence-corrected chi connectivity index (χ4v) is 7.14. The Morgan fingerprint density at radius 3 is 2.50 bits per heavy atom. The monoisotopic (exact) mass is 370 g/mol. The molecule has 1 amide bonds. The molecule has 0 spiro atoms. The summed E-state index contributed by atoms with van der Waals surface area (Å²) < 4.78 is 8.62. The van der Waals surface area contributed by atoms with E-state index in [4.69, 9.17) is 9.73 Å². The van der Waals surface area contributed by atoms with Gasteiger partial charge in [-0.15, -0.1) is 0 Å². The van der Waals surface area contributed by atoms with Crippen molar-refractivity contribution in [3.63, 3.8) is 0 Å². The minimum absolute atomic E-state index is 0.148. The molecule has 5 heteroatoms. The molecule has 0 atom stereocenters. The molecule has 4 bridgehead atoms. The maximum Gasteiger partial charge on any atom is 0.254 e. The topological polar surface area (TPSA) is 43.6 Å². The molecule has 4 saturated carbocycles. The molecule has 4 nitrogen and oxygen atoms in total. The van der Waals surface area contributed by atoms with E-state index in [-0.39, 0.29) is 11.3 Å². The van der Waals surface area contributed by atoms with Crippen molar-refractivity contribution in [2.75, 3.05) is 13.7 Å². The Morgan fingerprint density at radius 1 is 1.19 bits per heavy atom. The van der Waals surface area contributed by atoms with Gasteiger partial charge in [-0.1, -0.05) is 23.5 Å². The van der Waals surface area contributed by atoms with E-state index in [0.29, 0.717) is 6.61 Å². The summed E-state index contributed by atoms with van der Waals surface area (Å²) in [5.74, 6) is 2.45. The van der Waals surface area contributed by atoms with E-state index in [0.717, 1.165) is 53.9 Å². The van der Waals surface area contributed by atoms with Crippen LogP contribution in [0.3, 0.4) is 0 Å². The summed E-state index contributed by atoms with van der Waals surface area (Å²) in [6.07, 6.45) is 7.27. The number of methoxy groups -OCH3 is 1. The zero-order valence-corrected chi connectivity index (χ0v) is 16.1. The Kier molecular flexibility index (Phi) is 4.05. The number of amides is 1. The van der Waals surface area contributed by atoms with Crippen molar-refractivity contribution in [3.8, 4) is 0 Å². The van der Waals surface area contributed by atoms with Gasteiger partial charge in [0.05, 0.1) is 22.2 Å². The van der Waals surface area contributed by atoms with E-state index in [1.165, 1.54) is 24.0 Å². The molecule has 2 aromatic rings. The number of carbonyl (C=O) groups is 1. The van der Waals surface area contributed by atoms with Crippen molar-refractivity contribution in [2.24, 2.45) is 28.2 Å². The predicted molar refractivity (Wildman–Crippen MR) is 103 cm³/mol. The number of benzene rings is 1. The maximum absolute atomic E-state index is 13.4. The van der Waals surface area contributed by atoms with Crippen LogP contribution in [0, 0.1) is 23.2 Å². The summed E-state index contributed by atoms with van der Waals surface area (Å²) in [5.41, 5.74) is 0.982. The molecule has 138 valence electrons. The summed E-state index contributed by atoms with van der Waals surface area (Å²) in [4.78, 5) is 18.9. The quantitative estimate of drug-likeness (QED) is 0.817. The van der Waals surface area contributed by atoms with Crippen LogP contribution >= 0.6 is 11.3 Å². The van der Waals surface area contributed by atoms with Gasteiger partial charge in [-0.05, 0) is 68.4 Å². The second kappa shape index (κ2) is 6.31. The van der Waals surface area contributed by atoms with Crippen molar-refractivity contribution in [3.05, 3.63) is 29.1 Å². The van der Waals surface area contributed by atoms with Crippen LogP contribution in [0.25, 0.3) is 10.2 Å². The fraction of sp³-hybridized carbons (Fsp3) is 0.619. The van der Waals surface area contributed by atoms with Crippen LogP contribution in [0.5, 0.6) is 0 Å². The first-order chi connectivity index (χ1) is 12.7. The Balaban J connectivity index is 1.55. The largest absolute Gasteiger partial charge is 0.383 e. The number of carbonyl (C=O) groups excluding carboxylic acids is 1. The summed E-state index contributed by atoms with van der Waals surface area (Å²) in [5, 5.41) is 0. The number of thiazole rings is 1. The van der Waals surface area contributed by atoms with Gasteiger partial charge in [0.25, 0.3) is 5.91 Å². The molecule has 0 N–H and O–H groups in total. The van der Waals surface area contributed by atoms with Crippen LogP contribution in [0.15, 0.2) is 29.3 Å². The lowest BCUT2D eigenvalue weighted by Crippen LogP contribution is -2.50. The normalized spacial score (nSPS) is 33.3. The van der Waals surface area contributed by atoms with E-state index < -0.39 is 0 Å². The van der Waals surface area contributed by atoms with Gasteiger partial charge in [-0.25, -0.2) is 0 Å². The highest BCUT2D eigenvalue weighted by atomic mass is 32.1. The minimum Gasteiger partial charge on any atom is -0.383 e. The van der Waals surface area contributed by atoms with Gasteiger partial charge in [-0.2, -0.15) is 4.99 Å². The third-order valence-electron chi connectivity index (χ3n) is 6.80. The lowest BCUT2D eigenvalue weighted by molar-refractivity contribution is -0.142. The summed E-state index contributed by atoms with van der Waals surface area (Å²) in [7, 11) is 1.71. The summed E-state index contributed by atoms with van der Waals surface area (Å²) in [6.45, 7) is 1.35. The van der Waals surface area contributed by atoms with E-state index in [1.54, 1.807) is 18.4 Å². The minimum atomic E-state index is -0.163. The maximum atomic E-state index is 13.4. The first kappa shape index (κ1) is 16.7. The smallest absolute Gasteiger partial charge is 0.254 e. The number of hydrogen-bond acceptors (Lipinski definition) is 3. The molecule has 1 aromatic heterocycles. The second-order valence-electron chi connectivity index (χ2n) is 8.61. The second-order valence-corrected chi connectivity index (χ2v) is 9.62. The molecule has 1 heterocycles. The average molecular weight is 371 g/mol. The number of hydrogen-bond donors (Lipinski definition) is 0. The zero-order chi connectivity index (χ0) is 17.7. The standard InChI is InChI=1S/C21H26N2O2S/c1-25-7-6-23-17-4-2-3-5-18(17)26-20(23)22-19(24)21-11-14-8-15(12-21)10-16(9-14)13-21/h2-5,14-16H,6-13H2,1H3/b22-20-. The lowest BCUT2D eigenvalue weighted by atomic mass is 9.49. The zero-order valence-electron chi connectivity index (χ0n) is 15.3. The van der Waals surface area contributed by atoms with E-state index in [1.807, 2.05) is 12.1 Å². The van der Waals surface area contributed by atoms with Gasteiger partial charge in [0.15, 0.2) is 4.80 Å². The molecule has 0 unspecified atom stereocenters. The van der Waals surface area contributed by atoms with Crippen LogP contribution in [0.2, 0.25) is 0 Å². The number of nitrogens with zero attached hydrogens (tertiary/aromatic N) is 2. The van der Waals surface area contributed by atoms with Crippen LogP contribution in [-0.4, -0.2) is 24.2 Å². The van der Waals surface area contributed by atoms with Gasteiger partial charge in [-0.3, -0.25) is 4.79 Å². The Bertz CT molecular complexity index is 875. The van der Waals surface area contributed by atoms with Crippen LogP contribution in [-0.2, 0) is 16.1 Å². The van der Waals surface area contributed by atoms with Crippen molar-refractivity contribution in [2.45, 2.75) is 45.1 Å². The number of aromatic nitrogens is 1. The van der Waals surface area contributed by atoms with Gasteiger partial charge >= 0.3 is 0 Å². The molecular weight excluding hydrogens is 344 g/mol. The molecule has 0 aliphatic heterocycles. The third-order valence-corrected chi connectivity index (χ3v) is 7.86. The Morgan fingerprint density at radius 2 is 1.85 bits per heavy atom. The van der Waals surface area contributed by atoms with Gasteiger partial charge in [0.2, 0.25) is 0 Å². The fourth-order valence-electron chi connectivity index (χ4n) is 6.08. The number of para-hydroxylation sites is 1. The SMILES string of the molecule is COCCn1/c(=N/C(=O)C23CC4CC(CC(C4)C2)C3)sc2ccccc21. The van der Waals surface area contributed by atoms with Gasteiger partial charge in [0, 0.05) is 13.7 Å². The van der Waals surface area contributed by atoms with Gasteiger partial charge < -0.3 is 9.30 Å². The van der Waals surface area contributed by atoms with Crippen molar-refractivity contribution in [1.29, 1.82) is 0 Å². The highest BCUT2D eigenvalue weighted by Gasteiger charge is 2.54. The van der Waals surface area contributed by atoms with E-state index in [9.17, 15) is 4.79 Å². The first-order valence-corrected chi connectivity index (χ1v) is 10.6. The molecule has 1 aromatic carbocycles. The number of ether oxygens (including phenoxy) is 1. The molecule has 0 saturated heterocycles. The van der Waals surface area contributed by atoms with Crippen LogP contribution in [0.1, 0.15) is 38.5 Å². The van der Waals surface area contributed by atoms with Crippen molar-refractivity contribution in [1.82, 2.24) is 4.57 Å². The summed E-state index contributed by atoms with van der Waals surface area (Å²) in [6, 6.07) is 8.31. The lowest BCUT2D eigenvalue weighted by Gasteiger charge is -2.55. The molecule has 6 rings (SSSR count). The number of rotatable bonds is 4. The van der Waals surface area contributed by atoms with Crippen LogP contribution in [0.4, 0.5) is 0 Å². The Hall–Kier alpha value is -1.46. The molecule has 0 radical (unpaired) electrons. The van der Waals surface area contributed by atoms with Crippen LogP contribution < -0.4 is 4.80 Å². The van der Waals surface area contributed by atoms with E-state index in [2.05, 4.69) is 16.7 Å². The van der Waals surface area contributed by atoms with E-state index >= 15 is 0 Å². The third kappa shape index (κ3) is 2.67. The van der Waals surface area contributed by atoms with Crippen molar-refractivity contribution >= 4 is 27.5 Å². The highest BCUT2D eigenvalue weighted by molar-refractivity contribution is 7.16. The molecular formula is C21H26N2O2S. The average Bonchev–Trinajstić information content (AvgIpc) is 2.96. The molecule has 4 aliphatic carbocycles.